The SMILES string of the molecule is CCCCCN[C@@H](C)C(=O)O. The highest BCUT2D eigenvalue weighted by molar-refractivity contribution is 5.72. The second kappa shape index (κ2) is 6.16. The first-order valence-corrected chi connectivity index (χ1v) is 4.14. The molecule has 0 heterocycles. The van der Waals surface area contributed by atoms with Gasteiger partial charge in [-0.1, -0.05) is 19.8 Å². The van der Waals surface area contributed by atoms with Crippen molar-refractivity contribution in [3.05, 3.63) is 0 Å². The molecule has 0 aromatic heterocycles. The van der Waals surface area contributed by atoms with Gasteiger partial charge in [-0.05, 0) is 19.9 Å². The van der Waals surface area contributed by atoms with Crippen molar-refractivity contribution in [2.24, 2.45) is 0 Å². The van der Waals surface area contributed by atoms with Crippen LogP contribution in [0.1, 0.15) is 33.1 Å². The number of hydrogen-bond donors (Lipinski definition) is 2. The van der Waals surface area contributed by atoms with Crippen molar-refractivity contribution in [1.29, 1.82) is 0 Å². The summed E-state index contributed by atoms with van der Waals surface area (Å²) < 4.78 is 0. The molecule has 0 aliphatic heterocycles. The predicted octanol–water partition coefficient (Wildman–Crippen LogP) is 1.24. The Kier molecular flexibility index (Phi) is 5.84. The fraction of sp³-hybridized carbons (Fsp3) is 0.875. The monoisotopic (exact) mass is 159 g/mol. The molecule has 0 aromatic rings. The zero-order valence-corrected chi connectivity index (χ0v) is 7.26. The van der Waals surface area contributed by atoms with E-state index in [4.69, 9.17) is 5.11 Å². The number of hydrogen-bond acceptors (Lipinski definition) is 2. The molecular weight excluding hydrogens is 142 g/mol. The second-order valence-electron chi connectivity index (χ2n) is 2.72. The Balaban J connectivity index is 3.17. The molecule has 0 spiro atoms. The second-order valence-corrected chi connectivity index (χ2v) is 2.72. The number of carboxylic acid groups (broad SMARTS) is 1. The highest BCUT2D eigenvalue weighted by Gasteiger charge is 2.07. The molecule has 0 rings (SSSR count). The average Bonchev–Trinajstić information content (AvgIpc) is 1.97. The molecule has 2 N–H and O–H groups in total. The minimum Gasteiger partial charge on any atom is -0.480 e. The van der Waals surface area contributed by atoms with E-state index < -0.39 is 12.0 Å². The van der Waals surface area contributed by atoms with Crippen LogP contribution in [-0.2, 0) is 4.79 Å². The topological polar surface area (TPSA) is 49.3 Å². The highest BCUT2D eigenvalue weighted by atomic mass is 16.4. The van der Waals surface area contributed by atoms with E-state index in [1.807, 2.05) is 0 Å². The molecule has 0 saturated carbocycles. The Bertz CT molecular complexity index is 115. The first-order valence-electron chi connectivity index (χ1n) is 4.14. The number of unbranched alkanes of at least 4 members (excludes halogenated alkanes) is 2. The van der Waals surface area contributed by atoms with Crippen molar-refractivity contribution in [2.45, 2.75) is 39.2 Å². The van der Waals surface area contributed by atoms with Crippen LogP contribution in [0.15, 0.2) is 0 Å². The zero-order chi connectivity index (χ0) is 8.69. The largest absolute Gasteiger partial charge is 0.480 e. The predicted molar refractivity (Wildman–Crippen MR) is 44.6 cm³/mol. The van der Waals surface area contributed by atoms with Crippen molar-refractivity contribution in [3.8, 4) is 0 Å². The summed E-state index contributed by atoms with van der Waals surface area (Å²) in [6.07, 6.45) is 3.40. The summed E-state index contributed by atoms with van der Waals surface area (Å²) in [7, 11) is 0. The van der Waals surface area contributed by atoms with Gasteiger partial charge in [0.2, 0.25) is 0 Å². The summed E-state index contributed by atoms with van der Waals surface area (Å²) in [6.45, 7) is 4.59. The van der Waals surface area contributed by atoms with Gasteiger partial charge in [-0.3, -0.25) is 4.79 Å². The van der Waals surface area contributed by atoms with Gasteiger partial charge in [0.15, 0.2) is 0 Å². The van der Waals surface area contributed by atoms with Gasteiger partial charge in [0.25, 0.3) is 0 Å². The third-order valence-corrected chi connectivity index (χ3v) is 1.60. The van der Waals surface area contributed by atoms with E-state index in [2.05, 4.69) is 12.2 Å². The van der Waals surface area contributed by atoms with Crippen molar-refractivity contribution < 1.29 is 9.90 Å². The van der Waals surface area contributed by atoms with Gasteiger partial charge in [-0.2, -0.15) is 0 Å². The standard InChI is InChI=1S/C8H17NO2/c1-3-4-5-6-9-7(2)8(10)11/h7,9H,3-6H2,1-2H3,(H,10,11)/t7-/m0/s1. The molecule has 11 heavy (non-hydrogen) atoms. The zero-order valence-electron chi connectivity index (χ0n) is 7.26. The lowest BCUT2D eigenvalue weighted by Gasteiger charge is -2.07. The number of aliphatic carboxylic acids is 1. The summed E-state index contributed by atoms with van der Waals surface area (Å²) in [5.74, 6) is -0.776. The van der Waals surface area contributed by atoms with E-state index in [0.29, 0.717) is 0 Å². The average molecular weight is 159 g/mol. The Morgan fingerprint density at radius 3 is 2.64 bits per heavy atom. The lowest BCUT2D eigenvalue weighted by Crippen LogP contribution is -2.34. The summed E-state index contributed by atoms with van der Waals surface area (Å²) in [4.78, 5) is 10.3. The molecule has 1 atom stereocenters. The van der Waals surface area contributed by atoms with Gasteiger partial charge in [0.05, 0.1) is 0 Å². The van der Waals surface area contributed by atoms with Gasteiger partial charge in [0, 0.05) is 0 Å². The first-order chi connectivity index (χ1) is 5.18. The third-order valence-electron chi connectivity index (χ3n) is 1.60. The van der Waals surface area contributed by atoms with Gasteiger partial charge >= 0.3 is 5.97 Å². The van der Waals surface area contributed by atoms with Gasteiger partial charge in [-0.15, -0.1) is 0 Å². The Labute approximate surface area is 67.8 Å². The van der Waals surface area contributed by atoms with Crippen LogP contribution >= 0.6 is 0 Å². The Morgan fingerprint density at radius 2 is 2.18 bits per heavy atom. The fourth-order valence-electron chi connectivity index (χ4n) is 0.781. The van der Waals surface area contributed by atoms with Crippen LogP contribution in [0, 0.1) is 0 Å². The van der Waals surface area contributed by atoms with E-state index in [9.17, 15) is 4.79 Å². The molecular formula is C8H17NO2. The van der Waals surface area contributed by atoms with E-state index in [0.717, 1.165) is 13.0 Å². The van der Waals surface area contributed by atoms with Gasteiger partial charge < -0.3 is 10.4 Å². The highest BCUT2D eigenvalue weighted by Crippen LogP contribution is 1.92. The minimum atomic E-state index is -0.776. The number of rotatable bonds is 6. The minimum absolute atomic E-state index is 0.410. The first kappa shape index (κ1) is 10.4. The lowest BCUT2D eigenvalue weighted by atomic mass is 10.2. The Hall–Kier alpha value is -0.570. The summed E-state index contributed by atoms with van der Waals surface area (Å²) >= 11 is 0. The normalized spacial score (nSPS) is 12.9. The van der Waals surface area contributed by atoms with Crippen LogP contribution in [0.5, 0.6) is 0 Å². The molecule has 0 saturated heterocycles. The smallest absolute Gasteiger partial charge is 0.320 e. The third kappa shape index (κ3) is 5.85. The van der Waals surface area contributed by atoms with Crippen molar-refractivity contribution in [3.63, 3.8) is 0 Å². The van der Waals surface area contributed by atoms with Crippen LogP contribution in [0.4, 0.5) is 0 Å². The lowest BCUT2D eigenvalue weighted by molar-refractivity contribution is -0.138. The number of carboxylic acids is 1. The molecule has 0 aliphatic rings. The van der Waals surface area contributed by atoms with Gasteiger partial charge in [0.1, 0.15) is 6.04 Å². The van der Waals surface area contributed by atoms with E-state index in [1.165, 1.54) is 12.8 Å². The van der Waals surface area contributed by atoms with Crippen molar-refractivity contribution in [2.75, 3.05) is 6.54 Å². The van der Waals surface area contributed by atoms with Crippen molar-refractivity contribution in [1.82, 2.24) is 5.32 Å². The van der Waals surface area contributed by atoms with Crippen LogP contribution in [0.2, 0.25) is 0 Å². The molecule has 0 aromatic carbocycles. The molecule has 3 nitrogen and oxygen atoms in total. The number of nitrogens with one attached hydrogen (secondary N) is 1. The van der Waals surface area contributed by atoms with Crippen LogP contribution in [0.25, 0.3) is 0 Å². The molecule has 0 bridgehead atoms. The van der Waals surface area contributed by atoms with Crippen LogP contribution < -0.4 is 5.32 Å². The van der Waals surface area contributed by atoms with Gasteiger partial charge in [-0.25, -0.2) is 0 Å². The summed E-state index contributed by atoms with van der Waals surface area (Å²) in [6, 6.07) is -0.410. The molecule has 0 aliphatic carbocycles. The Morgan fingerprint density at radius 1 is 1.55 bits per heavy atom. The van der Waals surface area contributed by atoms with E-state index >= 15 is 0 Å². The maximum absolute atomic E-state index is 10.3. The molecule has 0 radical (unpaired) electrons. The molecule has 0 fully saturated rings. The number of carbonyl (C=O) groups is 1. The molecule has 3 heteroatoms. The van der Waals surface area contributed by atoms with Crippen molar-refractivity contribution >= 4 is 5.97 Å². The molecule has 0 unspecified atom stereocenters. The quantitative estimate of drug-likeness (QED) is 0.573. The molecule has 66 valence electrons. The maximum atomic E-state index is 10.3. The summed E-state index contributed by atoms with van der Waals surface area (Å²) in [5, 5.41) is 11.4. The summed E-state index contributed by atoms with van der Waals surface area (Å²) in [5.41, 5.74) is 0. The van der Waals surface area contributed by atoms with E-state index in [1.54, 1.807) is 6.92 Å². The van der Waals surface area contributed by atoms with E-state index in [-0.39, 0.29) is 0 Å². The molecule has 0 amide bonds. The maximum Gasteiger partial charge on any atom is 0.320 e. The van der Waals surface area contributed by atoms with Crippen LogP contribution in [0.3, 0.4) is 0 Å². The fourth-order valence-corrected chi connectivity index (χ4v) is 0.781. The van der Waals surface area contributed by atoms with Crippen LogP contribution in [-0.4, -0.2) is 23.7 Å².